The molecule has 2 N–H and O–H groups in total. The minimum Gasteiger partial charge on any atom is -0.367 e. The van der Waals surface area contributed by atoms with Crippen LogP contribution in [0.25, 0.3) is 0 Å². The number of rotatable bonds is 2. The molecule has 0 radical (unpaired) electrons. The molecule has 0 bridgehead atoms. The molecule has 0 aromatic carbocycles. The molecule has 2 nitrogen and oxygen atoms in total. The molecule has 2 aliphatic rings. The van der Waals surface area contributed by atoms with Crippen molar-refractivity contribution in [3.8, 4) is 0 Å². The Morgan fingerprint density at radius 1 is 0.741 bits per heavy atom. The first-order valence-electron chi connectivity index (χ1n) is 7.87. The summed E-state index contributed by atoms with van der Waals surface area (Å²) in [6.07, 6.45) is 16.0. The van der Waals surface area contributed by atoms with Crippen molar-refractivity contribution in [1.82, 2.24) is 9.97 Å². The van der Waals surface area contributed by atoms with Gasteiger partial charge in [-0.3, -0.25) is 0 Å². The summed E-state index contributed by atoms with van der Waals surface area (Å²) in [6, 6.07) is 3.17. The largest absolute Gasteiger partial charge is 2.00 e. The van der Waals surface area contributed by atoms with Crippen molar-refractivity contribution < 1.29 is 39.3 Å². The van der Waals surface area contributed by atoms with Crippen LogP contribution in [0.5, 0.6) is 0 Å². The van der Waals surface area contributed by atoms with Gasteiger partial charge in [0.15, 0.2) is 0 Å². The molecule has 0 amide bonds. The summed E-state index contributed by atoms with van der Waals surface area (Å²) in [5.74, 6) is -1.10. The minimum atomic E-state index is -1.81. The van der Waals surface area contributed by atoms with E-state index in [4.69, 9.17) is 0 Å². The Balaban J connectivity index is 0.000000187. The van der Waals surface area contributed by atoms with E-state index in [9.17, 15) is 17.6 Å². The monoisotopic (exact) mass is 408 g/mol. The van der Waals surface area contributed by atoms with Crippen molar-refractivity contribution >= 4 is 0 Å². The first-order valence-corrected chi connectivity index (χ1v) is 7.87. The summed E-state index contributed by atoms with van der Waals surface area (Å²) >= 11 is 0. The zero-order valence-electron chi connectivity index (χ0n) is 14.1. The van der Waals surface area contributed by atoms with Gasteiger partial charge in [0.2, 0.25) is 0 Å². The third-order valence-electron chi connectivity index (χ3n) is 3.97. The standard InChI is InChI=1S/2C10H8F2N.Ti/c2*11-9-2-1-4-10(12,6-9)8-3-5-13-7-8;/h2*1-7,13H;/q2*-1;+2. The fraction of sp³-hybridized carbons (Fsp3) is 0.100. The molecule has 2 heterocycles. The van der Waals surface area contributed by atoms with Gasteiger partial charge in [-0.05, 0) is 34.9 Å². The number of aromatic nitrogens is 2. The Hall–Kier alpha value is -2.31. The number of H-pyrrole nitrogens is 2. The van der Waals surface area contributed by atoms with Crippen LogP contribution in [0.1, 0.15) is 11.1 Å². The number of aromatic amines is 2. The smallest absolute Gasteiger partial charge is 0.367 e. The molecule has 0 saturated heterocycles. The number of alkyl halides is 2. The molecule has 0 fully saturated rings. The predicted octanol–water partition coefficient (Wildman–Crippen LogP) is 5.61. The van der Waals surface area contributed by atoms with Crippen LogP contribution in [-0.4, -0.2) is 9.97 Å². The van der Waals surface area contributed by atoms with Crippen LogP contribution < -0.4 is 0 Å². The van der Waals surface area contributed by atoms with Crippen molar-refractivity contribution in [2.45, 2.75) is 11.3 Å². The first-order chi connectivity index (χ1) is 12.4. The van der Waals surface area contributed by atoms with Crippen LogP contribution in [0.4, 0.5) is 17.6 Å². The normalized spacial score (nSPS) is 25.8. The van der Waals surface area contributed by atoms with E-state index in [-0.39, 0.29) is 21.7 Å². The number of allylic oxidation sites excluding steroid dienone is 8. The van der Waals surface area contributed by atoms with E-state index >= 15 is 0 Å². The molecule has 2 aromatic rings. The predicted molar refractivity (Wildman–Crippen MR) is 92.4 cm³/mol. The molecule has 7 heteroatoms. The van der Waals surface area contributed by atoms with Crippen LogP contribution >= 0.6 is 0 Å². The fourth-order valence-electron chi connectivity index (χ4n) is 2.64. The van der Waals surface area contributed by atoms with E-state index in [0.717, 1.165) is 12.8 Å². The molecule has 0 saturated carbocycles. The summed E-state index contributed by atoms with van der Waals surface area (Å²) in [4.78, 5) is 5.46. The number of hydrogen-bond acceptors (Lipinski definition) is 0. The summed E-state index contributed by atoms with van der Waals surface area (Å²) in [5, 5.41) is 0. The van der Waals surface area contributed by atoms with Crippen LogP contribution in [0, 0.1) is 12.8 Å². The molecule has 2 atom stereocenters. The van der Waals surface area contributed by atoms with Crippen molar-refractivity contribution in [2.24, 2.45) is 0 Å². The van der Waals surface area contributed by atoms with E-state index < -0.39 is 23.0 Å². The Morgan fingerprint density at radius 3 is 1.44 bits per heavy atom. The third-order valence-corrected chi connectivity index (χ3v) is 3.97. The number of halogens is 4. The Morgan fingerprint density at radius 2 is 1.15 bits per heavy atom. The molecule has 0 aliphatic heterocycles. The zero-order valence-corrected chi connectivity index (χ0v) is 15.7. The fourth-order valence-corrected chi connectivity index (χ4v) is 2.64. The van der Waals surface area contributed by atoms with Gasteiger partial charge in [0.25, 0.3) is 0 Å². The second kappa shape index (κ2) is 8.59. The van der Waals surface area contributed by atoms with Gasteiger partial charge in [-0.2, -0.15) is 25.0 Å². The molecule has 138 valence electrons. The van der Waals surface area contributed by atoms with Crippen molar-refractivity contribution in [1.29, 1.82) is 0 Å². The van der Waals surface area contributed by atoms with E-state index in [1.165, 1.54) is 48.8 Å². The molecule has 4 rings (SSSR count). The molecule has 27 heavy (non-hydrogen) atoms. The van der Waals surface area contributed by atoms with Gasteiger partial charge >= 0.3 is 21.7 Å². The van der Waals surface area contributed by atoms with E-state index in [0.29, 0.717) is 11.1 Å². The Kier molecular flexibility index (Phi) is 6.68. The third kappa shape index (κ3) is 4.90. The van der Waals surface area contributed by atoms with Crippen molar-refractivity contribution in [2.75, 3.05) is 0 Å². The van der Waals surface area contributed by atoms with E-state index in [1.807, 2.05) is 0 Å². The molecule has 2 unspecified atom stereocenters. The van der Waals surface area contributed by atoms with Gasteiger partial charge < -0.3 is 9.97 Å². The van der Waals surface area contributed by atoms with Gasteiger partial charge in [-0.1, -0.05) is 12.2 Å². The van der Waals surface area contributed by atoms with Gasteiger partial charge in [0, 0.05) is 24.8 Å². The maximum atomic E-state index is 13.9. The quantitative estimate of drug-likeness (QED) is 0.368. The van der Waals surface area contributed by atoms with Gasteiger partial charge in [0.05, 0.1) is 0 Å². The summed E-state index contributed by atoms with van der Waals surface area (Å²) in [5.41, 5.74) is -2.79. The van der Waals surface area contributed by atoms with Crippen molar-refractivity contribution in [3.05, 3.63) is 109 Å². The van der Waals surface area contributed by atoms with Crippen LogP contribution in [-0.2, 0) is 33.1 Å². The number of hydrogen-bond donors (Lipinski definition) is 2. The molecular formula is C20H16F4N2Ti. The maximum Gasteiger partial charge on any atom is 2.00 e. The molecular weight excluding hydrogens is 392 g/mol. The molecule has 2 aromatic heterocycles. The zero-order chi connectivity index (χ0) is 18.6. The summed E-state index contributed by atoms with van der Waals surface area (Å²) in [7, 11) is 0. The molecule has 2 aliphatic carbocycles. The maximum absolute atomic E-state index is 13.9. The van der Waals surface area contributed by atoms with Crippen LogP contribution in [0.3, 0.4) is 0 Å². The van der Waals surface area contributed by atoms with Gasteiger partial charge in [-0.15, -0.1) is 12.2 Å². The molecule has 0 spiro atoms. The first kappa shape index (κ1) is 21.0. The second-order valence-corrected chi connectivity index (χ2v) is 5.85. The Bertz CT molecular complexity index is 780. The average Bonchev–Trinajstić information content (AvgIpc) is 3.30. The topological polar surface area (TPSA) is 31.6 Å². The average molecular weight is 408 g/mol. The second-order valence-electron chi connectivity index (χ2n) is 5.85. The van der Waals surface area contributed by atoms with Crippen molar-refractivity contribution in [3.63, 3.8) is 0 Å². The van der Waals surface area contributed by atoms with Gasteiger partial charge in [0.1, 0.15) is 11.3 Å². The van der Waals surface area contributed by atoms with Gasteiger partial charge in [-0.25, -0.2) is 17.6 Å². The number of nitrogens with one attached hydrogen (secondary N) is 2. The van der Waals surface area contributed by atoms with Crippen LogP contribution in [0.15, 0.2) is 85.0 Å². The van der Waals surface area contributed by atoms with Crippen LogP contribution in [0.2, 0.25) is 0 Å². The minimum absolute atomic E-state index is 0. The SMILES string of the molecule is FC1=CC=CC(F)(c2cc[nH]c2)[CH-]1.FC1=CC=CC(F)(c2cc[nH]c2)[CH-]1.[Ti+2]. The van der Waals surface area contributed by atoms with E-state index in [2.05, 4.69) is 9.97 Å². The summed E-state index contributed by atoms with van der Waals surface area (Å²) < 4.78 is 53.4. The Labute approximate surface area is 169 Å². The summed E-state index contributed by atoms with van der Waals surface area (Å²) in [6.45, 7) is 0. The van der Waals surface area contributed by atoms with E-state index in [1.54, 1.807) is 24.5 Å².